The van der Waals surface area contributed by atoms with Crippen LogP contribution in [0, 0.1) is 28.4 Å². The zero-order valence-corrected chi connectivity index (χ0v) is 11.3. The van der Waals surface area contributed by atoms with Crippen molar-refractivity contribution in [1.82, 2.24) is 5.32 Å². The van der Waals surface area contributed by atoms with Crippen molar-refractivity contribution >= 4 is 23.2 Å². The summed E-state index contributed by atoms with van der Waals surface area (Å²) in [5.41, 5.74) is -0.125. The topological polar surface area (TPSA) is 72.2 Å². The van der Waals surface area contributed by atoms with Crippen molar-refractivity contribution < 1.29 is 9.72 Å². The van der Waals surface area contributed by atoms with E-state index < -0.39 is 16.9 Å². The molecule has 0 spiro atoms. The number of carbonyl (C=O) groups is 1. The van der Waals surface area contributed by atoms with Gasteiger partial charge in [0.05, 0.1) is 11.0 Å². The van der Waals surface area contributed by atoms with Crippen molar-refractivity contribution in [3.63, 3.8) is 0 Å². The maximum Gasteiger partial charge on any atom is 0.271 e. The van der Waals surface area contributed by atoms with Crippen LogP contribution >= 0.6 is 11.6 Å². The number of nitrogens with one attached hydrogen (secondary N) is 1. The average molecular weight is 281 g/mol. The Kier molecular flexibility index (Phi) is 4.90. The number of terminal acetylenes is 1. The fraction of sp³-hybridized carbons (Fsp3) is 0.308. The number of carbonyl (C=O) groups excluding carboxylic acids is 1. The zero-order valence-electron chi connectivity index (χ0n) is 10.5. The third kappa shape index (κ3) is 3.97. The minimum atomic E-state index is -0.607. The third-order valence-electron chi connectivity index (χ3n) is 2.49. The van der Waals surface area contributed by atoms with Crippen molar-refractivity contribution in [2.75, 3.05) is 0 Å². The lowest BCUT2D eigenvalue weighted by Gasteiger charge is -2.16. The first-order chi connectivity index (χ1) is 8.85. The molecule has 0 saturated heterocycles. The van der Waals surface area contributed by atoms with E-state index in [-0.39, 0.29) is 22.2 Å². The molecular weight excluding hydrogens is 268 g/mol. The molecule has 5 nitrogen and oxygen atoms in total. The maximum absolute atomic E-state index is 12.0. The van der Waals surface area contributed by atoms with Crippen LogP contribution in [-0.2, 0) is 0 Å². The molecule has 0 radical (unpaired) electrons. The third-order valence-corrected chi connectivity index (χ3v) is 2.71. The molecule has 19 heavy (non-hydrogen) atoms. The quantitative estimate of drug-likeness (QED) is 0.523. The second-order valence-electron chi connectivity index (χ2n) is 4.32. The van der Waals surface area contributed by atoms with Gasteiger partial charge in [-0.25, -0.2) is 0 Å². The van der Waals surface area contributed by atoms with E-state index in [0.29, 0.717) is 0 Å². The molecule has 1 N–H and O–H groups in total. The molecule has 0 fully saturated rings. The highest BCUT2D eigenvalue weighted by Crippen LogP contribution is 2.21. The maximum atomic E-state index is 12.0. The summed E-state index contributed by atoms with van der Waals surface area (Å²) in [4.78, 5) is 22.0. The number of nitrogens with zero attached hydrogens (tertiary/aromatic N) is 1. The van der Waals surface area contributed by atoms with Gasteiger partial charge in [0.15, 0.2) is 0 Å². The van der Waals surface area contributed by atoms with Gasteiger partial charge >= 0.3 is 0 Å². The van der Waals surface area contributed by atoms with Gasteiger partial charge in [-0.1, -0.05) is 31.4 Å². The van der Waals surface area contributed by atoms with Gasteiger partial charge in [-0.05, 0) is 12.0 Å². The van der Waals surface area contributed by atoms with Crippen LogP contribution in [0.3, 0.4) is 0 Å². The summed E-state index contributed by atoms with van der Waals surface area (Å²) in [6.07, 6.45) is 5.31. The van der Waals surface area contributed by atoms with Crippen LogP contribution in [0.15, 0.2) is 18.2 Å². The van der Waals surface area contributed by atoms with Crippen LogP contribution in [0.2, 0.25) is 5.02 Å². The van der Waals surface area contributed by atoms with Gasteiger partial charge in [-0.3, -0.25) is 14.9 Å². The van der Waals surface area contributed by atoms with Gasteiger partial charge in [0, 0.05) is 22.7 Å². The summed E-state index contributed by atoms with van der Waals surface area (Å²) < 4.78 is 0. The summed E-state index contributed by atoms with van der Waals surface area (Å²) in [5, 5.41) is 13.4. The molecule has 0 aliphatic rings. The van der Waals surface area contributed by atoms with Gasteiger partial charge in [0.2, 0.25) is 0 Å². The Labute approximate surface area is 116 Å². The molecule has 1 aromatic rings. The number of halogens is 1. The van der Waals surface area contributed by atoms with Gasteiger partial charge < -0.3 is 5.32 Å². The largest absolute Gasteiger partial charge is 0.338 e. The zero-order chi connectivity index (χ0) is 14.6. The van der Waals surface area contributed by atoms with Gasteiger partial charge in [-0.15, -0.1) is 6.42 Å². The van der Waals surface area contributed by atoms with E-state index >= 15 is 0 Å². The Morgan fingerprint density at radius 3 is 2.58 bits per heavy atom. The molecule has 100 valence electrons. The van der Waals surface area contributed by atoms with E-state index in [1.54, 1.807) is 0 Å². The molecule has 1 unspecified atom stereocenters. The predicted octanol–water partition coefficient (Wildman–Crippen LogP) is 2.64. The monoisotopic (exact) mass is 280 g/mol. The first-order valence-electron chi connectivity index (χ1n) is 5.57. The number of rotatable bonds is 4. The molecule has 1 atom stereocenters. The minimum Gasteiger partial charge on any atom is -0.338 e. The SMILES string of the molecule is C#CC(NC(=O)c1cc(Cl)cc([N+](=O)[O-])c1)C(C)C. The summed E-state index contributed by atoms with van der Waals surface area (Å²) >= 11 is 5.75. The molecular formula is C13H13ClN2O3. The second kappa shape index (κ2) is 6.21. The highest BCUT2D eigenvalue weighted by molar-refractivity contribution is 6.31. The number of benzene rings is 1. The van der Waals surface area contributed by atoms with Crippen LogP contribution in [0.25, 0.3) is 0 Å². The van der Waals surface area contributed by atoms with E-state index in [9.17, 15) is 14.9 Å². The number of hydrogen-bond acceptors (Lipinski definition) is 3. The Morgan fingerprint density at radius 2 is 2.11 bits per heavy atom. The smallest absolute Gasteiger partial charge is 0.271 e. The van der Waals surface area contributed by atoms with Crippen molar-refractivity contribution in [2.24, 2.45) is 5.92 Å². The van der Waals surface area contributed by atoms with E-state index in [2.05, 4.69) is 11.2 Å². The van der Waals surface area contributed by atoms with Crippen LogP contribution < -0.4 is 5.32 Å². The molecule has 1 aromatic carbocycles. The van der Waals surface area contributed by atoms with Crippen LogP contribution in [0.4, 0.5) is 5.69 Å². The first kappa shape index (κ1) is 15.0. The molecule has 1 rings (SSSR count). The Hall–Kier alpha value is -2.06. The number of non-ortho nitro benzene ring substituents is 1. The lowest BCUT2D eigenvalue weighted by Crippen LogP contribution is -2.37. The number of nitro benzene ring substituents is 1. The highest BCUT2D eigenvalue weighted by atomic mass is 35.5. The van der Waals surface area contributed by atoms with Gasteiger partial charge in [0.1, 0.15) is 0 Å². The molecule has 1 amide bonds. The highest BCUT2D eigenvalue weighted by Gasteiger charge is 2.18. The van der Waals surface area contributed by atoms with E-state index in [1.807, 2.05) is 13.8 Å². The average Bonchev–Trinajstić information content (AvgIpc) is 2.34. The molecule has 0 aliphatic carbocycles. The molecule has 0 heterocycles. The Morgan fingerprint density at radius 1 is 1.47 bits per heavy atom. The molecule has 0 saturated carbocycles. The lowest BCUT2D eigenvalue weighted by atomic mass is 10.0. The fourth-order valence-electron chi connectivity index (χ4n) is 1.44. The standard InChI is InChI=1S/C13H13ClN2O3/c1-4-12(8(2)3)15-13(17)9-5-10(14)7-11(6-9)16(18)19/h1,5-8,12H,2-3H3,(H,15,17). The first-order valence-corrected chi connectivity index (χ1v) is 5.95. The van der Waals surface area contributed by atoms with E-state index in [1.165, 1.54) is 12.1 Å². The van der Waals surface area contributed by atoms with Gasteiger partial charge in [-0.2, -0.15) is 0 Å². The van der Waals surface area contributed by atoms with Crippen molar-refractivity contribution in [2.45, 2.75) is 19.9 Å². The van der Waals surface area contributed by atoms with Crippen LogP contribution in [-0.4, -0.2) is 16.9 Å². The Bertz CT molecular complexity index is 549. The molecule has 0 aliphatic heterocycles. The number of hydrogen-bond donors (Lipinski definition) is 1. The summed E-state index contributed by atoms with van der Waals surface area (Å²) in [5.74, 6) is 2.03. The van der Waals surface area contributed by atoms with Crippen molar-refractivity contribution in [1.29, 1.82) is 0 Å². The summed E-state index contributed by atoms with van der Waals surface area (Å²) in [7, 11) is 0. The summed E-state index contributed by atoms with van der Waals surface area (Å²) in [6.45, 7) is 3.73. The Balaban J connectivity index is 3.00. The predicted molar refractivity (Wildman–Crippen MR) is 73.0 cm³/mol. The summed E-state index contributed by atoms with van der Waals surface area (Å²) in [6, 6.07) is 3.26. The van der Waals surface area contributed by atoms with Crippen molar-refractivity contribution in [3.8, 4) is 12.3 Å². The number of nitro groups is 1. The minimum absolute atomic E-state index is 0.0584. The van der Waals surface area contributed by atoms with Crippen molar-refractivity contribution in [3.05, 3.63) is 38.9 Å². The molecule has 0 bridgehead atoms. The normalized spacial score (nSPS) is 11.7. The molecule has 0 aromatic heterocycles. The lowest BCUT2D eigenvalue weighted by molar-refractivity contribution is -0.384. The number of amides is 1. The van der Waals surface area contributed by atoms with E-state index in [0.717, 1.165) is 6.07 Å². The van der Waals surface area contributed by atoms with Crippen LogP contribution in [0.1, 0.15) is 24.2 Å². The van der Waals surface area contributed by atoms with Gasteiger partial charge in [0.25, 0.3) is 11.6 Å². The molecule has 6 heteroatoms. The van der Waals surface area contributed by atoms with Crippen LogP contribution in [0.5, 0.6) is 0 Å². The fourth-order valence-corrected chi connectivity index (χ4v) is 1.67. The van der Waals surface area contributed by atoms with E-state index in [4.69, 9.17) is 18.0 Å². The second-order valence-corrected chi connectivity index (χ2v) is 4.75.